The summed E-state index contributed by atoms with van der Waals surface area (Å²) >= 11 is 0. The second kappa shape index (κ2) is 11.7. The summed E-state index contributed by atoms with van der Waals surface area (Å²) in [6.45, 7) is 3.51. The van der Waals surface area contributed by atoms with E-state index >= 15 is 0 Å². The molecule has 0 aliphatic heterocycles. The topological polar surface area (TPSA) is 78.7 Å². The van der Waals surface area contributed by atoms with Crippen molar-refractivity contribution in [3.8, 4) is 0 Å². The minimum Gasteiger partial charge on any atom is -0.459 e. The number of hydrogen-bond acceptors (Lipinski definition) is 3. The summed E-state index contributed by atoms with van der Waals surface area (Å²) in [5.74, 6) is 0.921. The summed E-state index contributed by atoms with van der Waals surface area (Å²) in [5.41, 5.74) is 1.82. The van der Waals surface area contributed by atoms with E-state index < -0.39 is 0 Å². The second-order valence-electron chi connectivity index (χ2n) is 6.80. The number of aliphatic imine (C=N–C) groups is 1. The lowest BCUT2D eigenvalue weighted by Crippen LogP contribution is -2.44. The minimum atomic E-state index is -0.253. The van der Waals surface area contributed by atoms with Crippen molar-refractivity contribution < 1.29 is 9.21 Å². The van der Waals surface area contributed by atoms with Crippen molar-refractivity contribution in [3.63, 3.8) is 0 Å². The highest BCUT2D eigenvalue weighted by molar-refractivity contribution is 14.0. The fourth-order valence-electron chi connectivity index (χ4n) is 3.22. The summed E-state index contributed by atoms with van der Waals surface area (Å²) in [6, 6.07) is 11.6. The van der Waals surface area contributed by atoms with E-state index in [1.165, 1.54) is 38.4 Å². The zero-order chi connectivity index (χ0) is 18.9. The van der Waals surface area contributed by atoms with Crippen molar-refractivity contribution in [1.82, 2.24) is 10.6 Å². The molecule has 3 N–H and O–H groups in total. The Bertz CT molecular complexity index is 738. The monoisotopic (exact) mass is 496 g/mol. The second-order valence-corrected chi connectivity index (χ2v) is 6.80. The molecule has 7 heteroatoms. The van der Waals surface area contributed by atoms with Crippen LogP contribution in [0.3, 0.4) is 0 Å². The van der Waals surface area contributed by atoms with E-state index in [9.17, 15) is 4.79 Å². The van der Waals surface area contributed by atoms with Crippen LogP contribution in [0.2, 0.25) is 0 Å². The Morgan fingerprint density at radius 1 is 1.14 bits per heavy atom. The first-order valence-electron chi connectivity index (χ1n) is 9.73. The lowest BCUT2D eigenvalue weighted by molar-refractivity contribution is 0.0996. The first-order chi connectivity index (χ1) is 13.2. The van der Waals surface area contributed by atoms with Gasteiger partial charge in [0, 0.05) is 18.3 Å². The van der Waals surface area contributed by atoms with Gasteiger partial charge in [-0.05, 0) is 49.6 Å². The van der Waals surface area contributed by atoms with Crippen molar-refractivity contribution in [3.05, 3.63) is 54.0 Å². The number of anilines is 1. The number of amides is 1. The van der Waals surface area contributed by atoms with Crippen LogP contribution in [0, 0.1) is 0 Å². The summed E-state index contributed by atoms with van der Waals surface area (Å²) in [5, 5.41) is 9.69. The van der Waals surface area contributed by atoms with E-state index in [1.807, 2.05) is 24.3 Å². The van der Waals surface area contributed by atoms with Gasteiger partial charge >= 0.3 is 0 Å². The van der Waals surface area contributed by atoms with Crippen LogP contribution in [0.4, 0.5) is 5.69 Å². The highest BCUT2D eigenvalue weighted by atomic mass is 127. The highest BCUT2D eigenvalue weighted by Gasteiger charge is 2.14. The molecule has 3 rings (SSSR count). The smallest absolute Gasteiger partial charge is 0.291 e. The van der Waals surface area contributed by atoms with Crippen molar-refractivity contribution in [2.75, 3.05) is 11.9 Å². The van der Waals surface area contributed by atoms with Crippen LogP contribution in [-0.2, 0) is 6.54 Å². The van der Waals surface area contributed by atoms with Gasteiger partial charge in [-0.3, -0.25) is 4.79 Å². The number of rotatable bonds is 6. The van der Waals surface area contributed by atoms with Gasteiger partial charge in [0.2, 0.25) is 0 Å². The number of nitrogens with one attached hydrogen (secondary N) is 3. The molecule has 2 aromatic rings. The predicted octanol–water partition coefficient (Wildman–Crippen LogP) is 4.54. The number of carbonyl (C=O) groups is 1. The van der Waals surface area contributed by atoms with Crippen LogP contribution >= 0.6 is 24.0 Å². The Morgan fingerprint density at radius 2 is 1.89 bits per heavy atom. The van der Waals surface area contributed by atoms with E-state index in [0.29, 0.717) is 18.3 Å². The van der Waals surface area contributed by atoms with Crippen LogP contribution in [0.15, 0.2) is 52.1 Å². The maximum atomic E-state index is 12.0. The Balaban J connectivity index is 0.00000280. The van der Waals surface area contributed by atoms with Gasteiger partial charge in [0.1, 0.15) is 0 Å². The average Bonchev–Trinajstić information content (AvgIpc) is 3.23. The molecule has 0 spiro atoms. The molecule has 1 saturated carbocycles. The molecule has 1 heterocycles. The molecule has 0 atom stereocenters. The zero-order valence-corrected chi connectivity index (χ0v) is 18.6. The molecule has 1 amide bonds. The van der Waals surface area contributed by atoms with E-state index in [0.717, 1.165) is 23.8 Å². The number of guanidine groups is 1. The predicted molar refractivity (Wildman–Crippen MR) is 123 cm³/mol. The fraction of sp³-hybridized carbons (Fsp3) is 0.429. The number of halogens is 1. The number of hydrogen-bond donors (Lipinski definition) is 3. The van der Waals surface area contributed by atoms with E-state index in [4.69, 9.17) is 9.41 Å². The summed E-state index contributed by atoms with van der Waals surface area (Å²) in [4.78, 5) is 16.7. The summed E-state index contributed by atoms with van der Waals surface area (Å²) < 4.78 is 5.10. The molecule has 1 aromatic heterocycles. The zero-order valence-electron chi connectivity index (χ0n) is 16.2. The fourth-order valence-corrected chi connectivity index (χ4v) is 3.22. The van der Waals surface area contributed by atoms with Crippen LogP contribution in [0.1, 0.15) is 55.1 Å². The molecular formula is C21H29IN4O2. The van der Waals surface area contributed by atoms with Crippen molar-refractivity contribution >= 4 is 41.5 Å². The molecule has 0 saturated heterocycles. The van der Waals surface area contributed by atoms with Gasteiger partial charge in [0.05, 0.1) is 12.8 Å². The van der Waals surface area contributed by atoms with Crippen LogP contribution in [-0.4, -0.2) is 24.5 Å². The molecule has 0 bridgehead atoms. The third-order valence-electron chi connectivity index (χ3n) is 4.67. The van der Waals surface area contributed by atoms with Crippen LogP contribution in [0.25, 0.3) is 0 Å². The van der Waals surface area contributed by atoms with Gasteiger partial charge in [0.15, 0.2) is 11.7 Å². The van der Waals surface area contributed by atoms with Gasteiger partial charge in [-0.1, -0.05) is 31.4 Å². The molecule has 152 valence electrons. The van der Waals surface area contributed by atoms with Gasteiger partial charge in [-0.15, -0.1) is 24.0 Å². The Hall–Kier alpha value is -2.03. The molecule has 1 aliphatic carbocycles. The molecule has 28 heavy (non-hydrogen) atoms. The number of benzene rings is 1. The van der Waals surface area contributed by atoms with Gasteiger partial charge < -0.3 is 20.4 Å². The number of furan rings is 1. The van der Waals surface area contributed by atoms with E-state index in [1.54, 1.807) is 12.1 Å². The van der Waals surface area contributed by atoms with E-state index in [-0.39, 0.29) is 29.9 Å². The lowest BCUT2D eigenvalue weighted by Gasteiger charge is -2.24. The largest absolute Gasteiger partial charge is 0.459 e. The van der Waals surface area contributed by atoms with Gasteiger partial charge in [0.25, 0.3) is 5.91 Å². The van der Waals surface area contributed by atoms with Crippen LogP contribution < -0.4 is 16.0 Å². The maximum Gasteiger partial charge on any atom is 0.291 e. The van der Waals surface area contributed by atoms with Crippen molar-refractivity contribution in [2.45, 2.75) is 51.6 Å². The van der Waals surface area contributed by atoms with E-state index in [2.05, 4.69) is 22.9 Å². The minimum absolute atomic E-state index is 0. The molecular weight excluding hydrogens is 467 g/mol. The first-order valence-corrected chi connectivity index (χ1v) is 9.73. The molecule has 1 fully saturated rings. The van der Waals surface area contributed by atoms with Gasteiger partial charge in [-0.25, -0.2) is 4.99 Å². The Kier molecular flexibility index (Phi) is 9.33. The standard InChI is InChI=1S/C21H28N4O2.HI/c1-2-22-21(25-17-7-4-3-5-8-17)23-15-16-10-12-18(13-11-16)24-20(26)19-9-6-14-27-19;/h6,9-14,17H,2-5,7-8,15H2,1H3,(H,24,26)(H2,22,23,25);1H. The molecule has 1 aromatic carbocycles. The summed E-state index contributed by atoms with van der Waals surface area (Å²) in [7, 11) is 0. The molecule has 0 radical (unpaired) electrons. The van der Waals surface area contributed by atoms with Crippen molar-refractivity contribution in [2.24, 2.45) is 4.99 Å². The molecule has 0 unspecified atom stereocenters. The van der Waals surface area contributed by atoms with Crippen LogP contribution in [0.5, 0.6) is 0 Å². The first kappa shape index (κ1) is 22.3. The SMILES string of the molecule is CCNC(=NCc1ccc(NC(=O)c2ccco2)cc1)NC1CCCCC1.I. The van der Waals surface area contributed by atoms with Gasteiger partial charge in [-0.2, -0.15) is 0 Å². The third kappa shape index (κ3) is 6.85. The molecule has 6 nitrogen and oxygen atoms in total. The molecule has 1 aliphatic rings. The van der Waals surface area contributed by atoms with Crippen molar-refractivity contribution in [1.29, 1.82) is 0 Å². The quantitative estimate of drug-likeness (QED) is 0.312. The Labute approximate surface area is 183 Å². The average molecular weight is 496 g/mol. The summed E-state index contributed by atoms with van der Waals surface area (Å²) in [6.07, 6.45) is 7.85. The lowest BCUT2D eigenvalue weighted by atomic mass is 9.96. The Morgan fingerprint density at radius 3 is 2.54 bits per heavy atom. The maximum absolute atomic E-state index is 12.0. The highest BCUT2D eigenvalue weighted by Crippen LogP contribution is 2.17. The number of carbonyl (C=O) groups excluding carboxylic acids is 1. The third-order valence-corrected chi connectivity index (χ3v) is 4.67. The normalized spacial score (nSPS) is 14.8. The number of nitrogens with zero attached hydrogens (tertiary/aromatic N) is 1.